The second kappa shape index (κ2) is 8.84. The Morgan fingerprint density at radius 2 is 1.78 bits per heavy atom. The molecule has 0 spiro atoms. The summed E-state index contributed by atoms with van der Waals surface area (Å²) in [6.07, 6.45) is 3.97. The maximum atomic E-state index is 13.3. The molecule has 3 heterocycles. The lowest BCUT2D eigenvalue weighted by atomic mass is 10.2. The van der Waals surface area contributed by atoms with Gasteiger partial charge in [-0.1, -0.05) is 0 Å². The van der Waals surface area contributed by atoms with Gasteiger partial charge in [0.05, 0.1) is 22.3 Å². The fraction of sp³-hybridized carbons (Fsp3) is 0.304. The summed E-state index contributed by atoms with van der Waals surface area (Å²) in [5.41, 5.74) is 3.23. The van der Waals surface area contributed by atoms with Crippen molar-refractivity contribution in [1.82, 2.24) is 18.8 Å². The maximum Gasteiger partial charge on any atom is 0.255 e. The molecule has 168 valence electrons. The fourth-order valence-corrected chi connectivity index (χ4v) is 5.60. The van der Waals surface area contributed by atoms with Crippen LogP contribution in [0.25, 0.3) is 5.69 Å². The number of nitrogens with zero attached hydrogens (tertiary/aromatic N) is 4. The average Bonchev–Trinajstić information content (AvgIpc) is 2.95. The van der Waals surface area contributed by atoms with Gasteiger partial charge in [-0.2, -0.15) is 4.31 Å². The van der Waals surface area contributed by atoms with E-state index in [2.05, 4.69) is 4.98 Å². The monoisotopic (exact) mass is 456 g/mol. The van der Waals surface area contributed by atoms with Crippen molar-refractivity contribution >= 4 is 15.9 Å². The topological polar surface area (TPSA) is 75.5 Å². The van der Waals surface area contributed by atoms with E-state index < -0.39 is 15.8 Å². The largest absolute Gasteiger partial charge is 0.337 e. The van der Waals surface area contributed by atoms with Gasteiger partial charge < -0.3 is 9.47 Å². The molecule has 1 aliphatic rings. The highest BCUT2D eigenvalue weighted by Gasteiger charge is 2.29. The number of halogens is 1. The lowest BCUT2D eigenvalue weighted by Gasteiger charge is -2.22. The molecule has 9 heteroatoms. The third-order valence-corrected chi connectivity index (χ3v) is 7.67. The van der Waals surface area contributed by atoms with Gasteiger partial charge in [0.1, 0.15) is 5.82 Å². The Bertz CT molecular complexity index is 1220. The number of hydrogen-bond acceptors (Lipinski definition) is 4. The zero-order chi connectivity index (χ0) is 22.9. The average molecular weight is 457 g/mol. The zero-order valence-electron chi connectivity index (χ0n) is 18.0. The standard InChI is InChI=1S/C23H25FN4O3S/c1-17-15-22(18(2)28(17)20-5-3-10-25-16-20)23(29)26-11-4-12-27(14-13-26)32(30,31)21-8-6-19(24)7-9-21/h3,5-10,15-16H,4,11-14H2,1-2H3. The normalized spacial score (nSPS) is 15.5. The second-order valence-corrected chi connectivity index (χ2v) is 9.77. The molecule has 1 aliphatic heterocycles. The summed E-state index contributed by atoms with van der Waals surface area (Å²) < 4.78 is 42.4. The molecule has 0 bridgehead atoms. The molecule has 0 unspecified atom stereocenters. The van der Waals surface area contributed by atoms with Crippen molar-refractivity contribution in [1.29, 1.82) is 0 Å². The van der Waals surface area contributed by atoms with Crippen LogP contribution in [0.5, 0.6) is 0 Å². The molecule has 2 aromatic heterocycles. The summed E-state index contributed by atoms with van der Waals surface area (Å²) in [5, 5.41) is 0. The van der Waals surface area contributed by atoms with E-state index in [1.54, 1.807) is 17.3 Å². The van der Waals surface area contributed by atoms with Crippen LogP contribution in [0.2, 0.25) is 0 Å². The van der Waals surface area contributed by atoms with Crippen molar-refractivity contribution in [2.75, 3.05) is 26.2 Å². The summed E-state index contributed by atoms with van der Waals surface area (Å²) in [6, 6.07) is 10.5. The maximum absolute atomic E-state index is 13.3. The van der Waals surface area contributed by atoms with E-state index in [-0.39, 0.29) is 23.9 Å². The van der Waals surface area contributed by atoms with Crippen LogP contribution in [0.4, 0.5) is 4.39 Å². The van der Waals surface area contributed by atoms with Gasteiger partial charge in [0, 0.05) is 43.8 Å². The third-order valence-electron chi connectivity index (χ3n) is 5.76. The fourth-order valence-electron chi connectivity index (χ4n) is 4.13. The first-order valence-electron chi connectivity index (χ1n) is 10.4. The van der Waals surface area contributed by atoms with E-state index in [9.17, 15) is 17.6 Å². The van der Waals surface area contributed by atoms with E-state index in [0.29, 0.717) is 25.1 Å². The lowest BCUT2D eigenvalue weighted by molar-refractivity contribution is 0.0763. The third kappa shape index (κ3) is 4.18. The van der Waals surface area contributed by atoms with Gasteiger partial charge in [-0.25, -0.2) is 12.8 Å². The molecule has 1 aromatic carbocycles. The summed E-state index contributed by atoms with van der Waals surface area (Å²) in [4.78, 5) is 19.2. The van der Waals surface area contributed by atoms with Gasteiger partial charge in [-0.05, 0) is 62.7 Å². The Balaban J connectivity index is 1.53. The van der Waals surface area contributed by atoms with E-state index in [1.165, 1.54) is 16.4 Å². The summed E-state index contributed by atoms with van der Waals surface area (Å²) >= 11 is 0. The van der Waals surface area contributed by atoms with Gasteiger partial charge in [0.2, 0.25) is 10.0 Å². The van der Waals surface area contributed by atoms with Gasteiger partial charge in [0.15, 0.2) is 0 Å². The van der Waals surface area contributed by atoms with Crippen LogP contribution >= 0.6 is 0 Å². The molecular formula is C23H25FN4O3S. The number of pyridine rings is 1. The Hall–Kier alpha value is -3.04. The van der Waals surface area contributed by atoms with Crippen LogP contribution in [-0.4, -0.2) is 59.3 Å². The molecule has 0 radical (unpaired) electrons. The van der Waals surface area contributed by atoms with Crippen LogP contribution in [0, 0.1) is 19.7 Å². The van der Waals surface area contributed by atoms with Crippen LogP contribution in [-0.2, 0) is 10.0 Å². The number of sulfonamides is 1. The minimum absolute atomic E-state index is 0.0543. The molecule has 4 rings (SSSR count). The van der Waals surface area contributed by atoms with Crippen LogP contribution < -0.4 is 0 Å². The smallest absolute Gasteiger partial charge is 0.255 e. The molecule has 1 saturated heterocycles. The highest BCUT2D eigenvalue weighted by molar-refractivity contribution is 7.89. The van der Waals surface area contributed by atoms with E-state index in [4.69, 9.17) is 0 Å². The van der Waals surface area contributed by atoms with Crippen molar-refractivity contribution in [2.24, 2.45) is 0 Å². The molecule has 0 saturated carbocycles. The van der Waals surface area contributed by atoms with Crippen molar-refractivity contribution in [2.45, 2.75) is 25.2 Å². The lowest BCUT2D eigenvalue weighted by Crippen LogP contribution is -2.37. The molecule has 32 heavy (non-hydrogen) atoms. The first-order valence-corrected chi connectivity index (χ1v) is 11.9. The number of aryl methyl sites for hydroxylation is 1. The Kier molecular flexibility index (Phi) is 6.12. The van der Waals surface area contributed by atoms with Crippen molar-refractivity contribution in [3.8, 4) is 5.69 Å². The van der Waals surface area contributed by atoms with E-state index >= 15 is 0 Å². The number of rotatable bonds is 4. The second-order valence-electron chi connectivity index (χ2n) is 7.84. The molecule has 1 fully saturated rings. The number of amides is 1. The minimum atomic E-state index is -3.75. The first-order chi connectivity index (χ1) is 15.3. The SMILES string of the molecule is Cc1cc(C(=O)N2CCCN(S(=O)(=O)c3ccc(F)cc3)CC2)c(C)n1-c1cccnc1. The van der Waals surface area contributed by atoms with Crippen LogP contribution in [0.3, 0.4) is 0 Å². The van der Waals surface area contributed by atoms with E-state index in [0.717, 1.165) is 29.2 Å². The Labute approximate surface area is 187 Å². The Morgan fingerprint density at radius 3 is 2.47 bits per heavy atom. The Morgan fingerprint density at radius 1 is 1.03 bits per heavy atom. The molecule has 0 N–H and O–H groups in total. The molecule has 1 amide bonds. The van der Waals surface area contributed by atoms with Crippen LogP contribution in [0.15, 0.2) is 59.8 Å². The summed E-state index contributed by atoms with van der Waals surface area (Å²) in [5.74, 6) is -0.602. The van der Waals surface area contributed by atoms with Gasteiger partial charge in [-0.15, -0.1) is 0 Å². The van der Waals surface area contributed by atoms with Crippen molar-refractivity contribution in [3.63, 3.8) is 0 Å². The van der Waals surface area contributed by atoms with Crippen molar-refractivity contribution < 1.29 is 17.6 Å². The first kappa shape index (κ1) is 22.2. The predicted octanol–water partition coefficient (Wildman–Crippen LogP) is 3.17. The van der Waals surface area contributed by atoms with Crippen molar-refractivity contribution in [3.05, 3.63) is 77.6 Å². The molecular weight excluding hydrogens is 431 g/mol. The minimum Gasteiger partial charge on any atom is -0.337 e. The number of hydrogen-bond donors (Lipinski definition) is 0. The number of benzene rings is 1. The predicted molar refractivity (Wildman–Crippen MR) is 119 cm³/mol. The number of aromatic nitrogens is 2. The zero-order valence-corrected chi connectivity index (χ0v) is 18.8. The highest BCUT2D eigenvalue weighted by Crippen LogP contribution is 2.23. The molecule has 7 nitrogen and oxygen atoms in total. The summed E-state index contributed by atoms with van der Waals surface area (Å²) in [7, 11) is -3.75. The number of carbonyl (C=O) groups excluding carboxylic acids is 1. The van der Waals surface area contributed by atoms with Gasteiger partial charge in [-0.3, -0.25) is 9.78 Å². The van der Waals surface area contributed by atoms with E-state index in [1.807, 2.05) is 36.6 Å². The molecule has 0 aliphatic carbocycles. The van der Waals surface area contributed by atoms with Gasteiger partial charge >= 0.3 is 0 Å². The molecule has 3 aromatic rings. The summed E-state index contributed by atoms with van der Waals surface area (Å²) in [6.45, 7) is 5.08. The molecule has 0 atom stereocenters. The van der Waals surface area contributed by atoms with Gasteiger partial charge in [0.25, 0.3) is 5.91 Å². The highest BCUT2D eigenvalue weighted by atomic mass is 32.2. The van der Waals surface area contributed by atoms with Crippen LogP contribution in [0.1, 0.15) is 28.2 Å². The quantitative estimate of drug-likeness (QED) is 0.604. The number of carbonyl (C=O) groups is 1.